The monoisotopic (exact) mass is 202 g/mol. The van der Waals surface area contributed by atoms with E-state index in [9.17, 15) is 4.79 Å². The Balaban J connectivity index is 1.64. The number of hydrogen-bond donors (Lipinski definition) is 1. The minimum atomic E-state index is 0.104. The molecule has 3 heteroatoms. The van der Waals surface area contributed by atoms with Crippen LogP contribution < -0.4 is 5.32 Å². The second-order valence-corrected chi connectivity index (χ2v) is 4.35. The normalized spacial score (nSPS) is 30.0. The molecule has 1 aromatic rings. The fraction of sp³-hybridized carbons (Fsp3) is 0.417. The quantitative estimate of drug-likeness (QED) is 0.754. The van der Waals surface area contributed by atoms with Crippen LogP contribution in [0, 0.1) is 0 Å². The molecule has 0 aliphatic carbocycles. The highest BCUT2D eigenvalue weighted by Gasteiger charge is 2.44. The molecule has 0 spiro atoms. The summed E-state index contributed by atoms with van der Waals surface area (Å²) in [5.74, 6) is 0.402. The van der Waals surface area contributed by atoms with Crippen LogP contribution in [0.2, 0.25) is 0 Å². The van der Waals surface area contributed by atoms with Gasteiger partial charge in [0.1, 0.15) is 0 Å². The standard InChI is InChI=1S/C12H14N2O/c15-12-10-7-14(8-11(12)13-10)6-9-4-2-1-3-5-9/h1-5,10-11,13H,6-8H2. The summed E-state index contributed by atoms with van der Waals surface area (Å²) in [6.45, 7) is 2.69. The Labute approximate surface area is 89.1 Å². The number of nitrogens with one attached hydrogen (secondary N) is 1. The van der Waals surface area contributed by atoms with Gasteiger partial charge in [0.05, 0.1) is 12.1 Å². The van der Waals surface area contributed by atoms with E-state index in [1.54, 1.807) is 0 Å². The van der Waals surface area contributed by atoms with Crippen molar-refractivity contribution in [2.45, 2.75) is 18.6 Å². The number of hydrogen-bond acceptors (Lipinski definition) is 3. The molecule has 3 heterocycles. The van der Waals surface area contributed by atoms with Gasteiger partial charge in [0.2, 0.25) is 0 Å². The highest BCUT2D eigenvalue weighted by Crippen LogP contribution is 2.19. The van der Waals surface area contributed by atoms with Crippen LogP contribution in [-0.4, -0.2) is 35.9 Å². The molecule has 3 saturated heterocycles. The van der Waals surface area contributed by atoms with Crippen molar-refractivity contribution in [3.05, 3.63) is 35.9 Å². The Bertz CT molecular complexity index is 362. The van der Waals surface area contributed by atoms with Crippen LogP contribution >= 0.6 is 0 Å². The lowest BCUT2D eigenvalue weighted by Crippen LogP contribution is -2.73. The van der Waals surface area contributed by atoms with Gasteiger partial charge in [-0.3, -0.25) is 15.0 Å². The Hall–Kier alpha value is -1.19. The largest absolute Gasteiger partial charge is 0.296 e. The maximum absolute atomic E-state index is 11.4. The van der Waals surface area contributed by atoms with E-state index in [4.69, 9.17) is 0 Å². The van der Waals surface area contributed by atoms with E-state index >= 15 is 0 Å². The molecule has 1 aromatic carbocycles. The molecule has 0 aromatic heterocycles. The van der Waals surface area contributed by atoms with Gasteiger partial charge in [0.25, 0.3) is 0 Å². The van der Waals surface area contributed by atoms with Crippen molar-refractivity contribution in [1.29, 1.82) is 0 Å². The van der Waals surface area contributed by atoms with E-state index in [1.165, 1.54) is 5.56 Å². The van der Waals surface area contributed by atoms with Crippen LogP contribution in [0.1, 0.15) is 5.56 Å². The Morgan fingerprint density at radius 2 is 1.87 bits per heavy atom. The summed E-state index contributed by atoms with van der Waals surface area (Å²) in [6, 6.07) is 10.6. The number of piperidine rings is 1. The first-order valence-electron chi connectivity index (χ1n) is 5.39. The van der Waals surface area contributed by atoms with Crippen molar-refractivity contribution >= 4 is 5.78 Å². The van der Waals surface area contributed by atoms with Gasteiger partial charge in [0.15, 0.2) is 5.78 Å². The van der Waals surface area contributed by atoms with Crippen LogP contribution in [0.15, 0.2) is 30.3 Å². The van der Waals surface area contributed by atoms with Crippen LogP contribution in [0.4, 0.5) is 0 Å². The first kappa shape index (κ1) is 9.07. The number of benzene rings is 1. The second kappa shape index (κ2) is 3.43. The summed E-state index contributed by atoms with van der Waals surface area (Å²) in [7, 11) is 0. The second-order valence-electron chi connectivity index (χ2n) is 4.35. The number of carbonyl (C=O) groups is 1. The molecule has 2 bridgehead atoms. The smallest absolute Gasteiger partial charge is 0.169 e. The Morgan fingerprint density at radius 1 is 1.20 bits per heavy atom. The zero-order valence-electron chi connectivity index (χ0n) is 8.52. The van der Waals surface area contributed by atoms with Crippen molar-refractivity contribution in [3.63, 3.8) is 0 Å². The predicted molar refractivity (Wildman–Crippen MR) is 57.4 cm³/mol. The number of ketones is 1. The lowest BCUT2D eigenvalue weighted by atomic mass is 9.89. The molecule has 0 radical (unpaired) electrons. The lowest BCUT2D eigenvalue weighted by molar-refractivity contribution is -0.135. The summed E-state index contributed by atoms with van der Waals surface area (Å²) in [5, 5.41) is 3.25. The number of nitrogens with zero attached hydrogens (tertiary/aromatic N) is 1. The van der Waals surface area contributed by atoms with Gasteiger partial charge in [0, 0.05) is 19.6 Å². The summed E-state index contributed by atoms with van der Waals surface area (Å²) < 4.78 is 0. The molecule has 3 fully saturated rings. The fourth-order valence-corrected chi connectivity index (χ4v) is 2.40. The summed E-state index contributed by atoms with van der Waals surface area (Å²) in [6.07, 6.45) is 0. The zero-order valence-corrected chi connectivity index (χ0v) is 8.52. The summed E-state index contributed by atoms with van der Waals surface area (Å²) >= 11 is 0. The van der Waals surface area contributed by atoms with Crippen molar-refractivity contribution in [2.24, 2.45) is 0 Å². The molecule has 2 unspecified atom stereocenters. The van der Waals surface area contributed by atoms with E-state index in [-0.39, 0.29) is 12.1 Å². The van der Waals surface area contributed by atoms with Crippen molar-refractivity contribution in [2.75, 3.05) is 13.1 Å². The molecule has 0 saturated carbocycles. The molecule has 3 aliphatic rings. The summed E-state index contributed by atoms with van der Waals surface area (Å²) in [4.78, 5) is 13.7. The van der Waals surface area contributed by atoms with E-state index in [0.29, 0.717) is 5.78 Å². The molecular formula is C12H14N2O. The minimum Gasteiger partial charge on any atom is -0.296 e. The van der Waals surface area contributed by atoms with Gasteiger partial charge in [-0.25, -0.2) is 0 Å². The maximum atomic E-state index is 11.4. The topological polar surface area (TPSA) is 32.3 Å². The number of piperazine rings is 1. The fourth-order valence-electron chi connectivity index (χ4n) is 2.40. The molecule has 3 aliphatic heterocycles. The van der Waals surface area contributed by atoms with Crippen LogP contribution in [-0.2, 0) is 11.3 Å². The summed E-state index contributed by atoms with van der Waals surface area (Å²) in [5.41, 5.74) is 1.33. The molecule has 78 valence electrons. The number of fused-ring (bicyclic) bond motifs is 2. The third-order valence-corrected chi connectivity index (χ3v) is 3.22. The molecule has 4 rings (SSSR count). The molecular weight excluding hydrogens is 188 g/mol. The lowest BCUT2D eigenvalue weighted by Gasteiger charge is -2.46. The third kappa shape index (κ3) is 1.58. The minimum absolute atomic E-state index is 0.104. The first-order valence-corrected chi connectivity index (χ1v) is 5.39. The highest BCUT2D eigenvalue weighted by molar-refractivity contribution is 5.96. The molecule has 15 heavy (non-hydrogen) atoms. The van der Waals surface area contributed by atoms with Gasteiger partial charge in [-0.05, 0) is 5.56 Å². The Kier molecular flexibility index (Phi) is 2.08. The van der Waals surface area contributed by atoms with E-state index in [1.807, 2.05) is 6.07 Å². The molecule has 3 nitrogen and oxygen atoms in total. The van der Waals surface area contributed by atoms with Crippen LogP contribution in [0.5, 0.6) is 0 Å². The average molecular weight is 202 g/mol. The zero-order chi connectivity index (χ0) is 10.3. The van der Waals surface area contributed by atoms with E-state index in [2.05, 4.69) is 34.5 Å². The average Bonchev–Trinajstić information content (AvgIpc) is 2.30. The molecule has 0 amide bonds. The molecule has 1 N–H and O–H groups in total. The van der Waals surface area contributed by atoms with Gasteiger partial charge in [-0.2, -0.15) is 0 Å². The van der Waals surface area contributed by atoms with Gasteiger partial charge in [-0.1, -0.05) is 30.3 Å². The van der Waals surface area contributed by atoms with Gasteiger partial charge >= 0.3 is 0 Å². The third-order valence-electron chi connectivity index (χ3n) is 3.22. The predicted octanol–water partition coefficient (Wildman–Crippen LogP) is 0.412. The maximum Gasteiger partial charge on any atom is 0.169 e. The number of Topliss-reactive ketones (excluding diaryl/α,β-unsaturated/α-hetero) is 1. The van der Waals surface area contributed by atoms with Gasteiger partial charge < -0.3 is 0 Å². The van der Waals surface area contributed by atoms with E-state index < -0.39 is 0 Å². The SMILES string of the molecule is O=C1C2CN(Cc3ccccc3)CC1N2. The highest BCUT2D eigenvalue weighted by atomic mass is 16.1. The van der Waals surface area contributed by atoms with Crippen molar-refractivity contribution < 1.29 is 4.79 Å². The van der Waals surface area contributed by atoms with Crippen LogP contribution in [0.3, 0.4) is 0 Å². The van der Waals surface area contributed by atoms with E-state index in [0.717, 1.165) is 19.6 Å². The Morgan fingerprint density at radius 3 is 2.47 bits per heavy atom. The first-order chi connectivity index (χ1) is 7.33. The number of carbonyl (C=O) groups excluding carboxylic acids is 1. The van der Waals surface area contributed by atoms with Gasteiger partial charge in [-0.15, -0.1) is 0 Å². The van der Waals surface area contributed by atoms with Crippen molar-refractivity contribution in [1.82, 2.24) is 10.2 Å². The van der Waals surface area contributed by atoms with Crippen LogP contribution in [0.25, 0.3) is 0 Å². The molecule has 2 atom stereocenters. The number of rotatable bonds is 2. The van der Waals surface area contributed by atoms with Crippen molar-refractivity contribution in [3.8, 4) is 0 Å².